The molecule has 0 heterocycles. The fourth-order valence-corrected chi connectivity index (χ4v) is 2.11. The van der Waals surface area contributed by atoms with Gasteiger partial charge in [0, 0.05) is 29.1 Å². The number of nitrogens with zero attached hydrogens (tertiary/aromatic N) is 1. The number of aryl methyl sites for hydroxylation is 2. The molecule has 0 bridgehead atoms. The fourth-order valence-electron chi connectivity index (χ4n) is 2.11. The lowest BCUT2D eigenvalue weighted by atomic mass is 9.95. The quantitative estimate of drug-likeness (QED) is 0.598. The van der Waals surface area contributed by atoms with Crippen molar-refractivity contribution in [1.82, 2.24) is 0 Å². The van der Waals surface area contributed by atoms with Gasteiger partial charge in [-0.1, -0.05) is 38.1 Å². The first-order valence-corrected chi connectivity index (χ1v) is 7.69. The van der Waals surface area contributed by atoms with E-state index in [-0.39, 0.29) is 0 Å². The Morgan fingerprint density at radius 3 is 2.57 bits per heavy atom. The molecule has 0 radical (unpaired) electrons. The summed E-state index contributed by atoms with van der Waals surface area (Å²) in [5.41, 5.74) is 12.7. The Kier molecular flexibility index (Phi) is 6.41. The summed E-state index contributed by atoms with van der Waals surface area (Å²) in [5.74, 6) is 0. The molecule has 1 aromatic rings. The molecule has 21 heavy (non-hydrogen) atoms. The maximum Gasteiger partial charge on any atom is 0.0482 e. The number of rotatable bonds is 6. The zero-order chi connectivity index (χ0) is 16.0. The SMILES string of the molecule is C=C(C)C(C=NC(C)CC)=C(N)c1cc(C)ccc1CC. The second kappa shape index (κ2) is 7.82. The smallest absolute Gasteiger partial charge is 0.0482 e. The second-order valence-electron chi connectivity index (χ2n) is 5.66. The molecule has 2 heteroatoms. The maximum absolute atomic E-state index is 6.44. The van der Waals surface area contributed by atoms with E-state index < -0.39 is 0 Å². The van der Waals surface area contributed by atoms with Gasteiger partial charge in [-0.25, -0.2) is 0 Å². The second-order valence-corrected chi connectivity index (χ2v) is 5.66. The Morgan fingerprint density at radius 1 is 1.38 bits per heavy atom. The molecule has 114 valence electrons. The monoisotopic (exact) mass is 284 g/mol. The van der Waals surface area contributed by atoms with Crippen molar-refractivity contribution in [2.75, 3.05) is 0 Å². The molecule has 0 saturated heterocycles. The van der Waals surface area contributed by atoms with Crippen LogP contribution in [0.15, 0.2) is 40.9 Å². The van der Waals surface area contributed by atoms with Gasteiger partial charge in [0.05, 0.1) is 0 Å². The highest BCUT2D eigenvalue weighted by atomic mass is 14.8. The molecule has 1 rings (SSSR count). The summed E-state index contributed by atoms with van der Waals surface area (Å²) in [6.45, 7) is 14.5. The normalized spacial score (nSPS) is 14.1. The van der Waals surface area contributed by atoms with E-state index in [2.05, 4.69) is 57.5 Å². The summed E-state index contributed by atoms with van der Waals surface area (Å²) >= 11 is 0. The summed E-state index contributed by atoms with van der Waals surface area (Å²) in [7, 11) is 0. The summed E-state index contributed by atoms with van der Waals surface area (Å²) in [6, 6.07) is 6.73. The van der Waals surface area contributed by atoms with Crippen molar-refractivity contribution in [1.29, 1.82) is 0 Å². The molecule has 2 nitrogen and oxygen atoms in total. The largest absolute Gasteiger partial charge is 0.398 e. The molecule has 2 N–H and O–H groups in total. The van der Waals surface area contributed by atoms with E-state index in [1.54, 1.807) is 0 Å². The molecule has 0 spiro atoms. The first-order valence-electron chi connectivity index (χ1n) is 7.69. The molecule has 0 aliphatic heterocycles. The lowest BCUT2D eigenvalue weighted by Gasteiger charge is -2.14. The maximum atomic E-state index is 6.44. The van der Waals surface area contributed by atoms with E-state index >= 15 is 0 Å². The van der Waals surface area contributed by atoms with Crippen LogP contribution in [0.1, 0.15) is 50.8 Å². The fraction of sp³-hybridized carbons (Fsp3) is 0.421. The van der Waals surface area contributed by atoms with Crippen LogP contribution in [0.3, 0.4) is 0 Å². The molecule has 0 aliphatic rings. The van der Waals surface area contributed by atoms with Gasteiger partial charge in [0.25, 0.3) is 0 Å². The molecule has 0 aromatic heterocycles. The minimum Gasteiger partial charge on any atom is -0.398 e. The van der Waals surface area contributed by atoms with E-state index in [9.17, 15) is 0 Å². The number of hydrogen-bond acceptors (Lipinski definition) is 2. The van der Waals surface area contributed by atoms with Crippen LogP contribution in [0.4, 0.5) is 0 Å². The van der Waals surface area contributed by atoms with Gasteiger partial charge in [0.15, 0.2) is 0 Å². The summed E-state index contributed by atoms with van der Waals surface area (Å²) in [4.78, 5) is 4.57. The number of allylic oxidation sites excluding steroid dienone is 2. The van der Waals surface area contributed by atoms with Gasteiger partial charge in [0.2, 0.25) is 0 Å². The topological polar surface area (TPSA) is 38.4 Å². The lowest BCUT2D eigenvalue weighted by Crippen LogP contribution is -2.08. The van der Waals surface area contributed by atoms with Crippen LogP contribution in [-0.2, 0) is 6.42 Å². The van der Waals surface area contributed by atoms with Crippen LogP contribution < -0.4 is 5.73 Å². The van der Waals surface area contributed by atoms with Crippen LogP contribution in [0.5, 0.6) is 0 Å². The predicted molar refractivity (Wildman–Crippen MR) is 94.7 cm³/mol. The summed E-state index contributed by atoms with van der Waals surface area (Å²) in [6.07, 6.45) is 3.86. The number of nitrogens with two attached hydrogens (primary N) is 1. The number of benzene rings is 1. The highest BCUT2D eigenvalue weighted by molar-refractivity contribution is 5.95. The van der Waals surface area contributed by atoms with Crippen molar-refractivity contribution in [3.05, 3.63) is 52.6 Å². The Labute approximate surface area is 129 Å². The van der Waals surface area contributed by atoms with E-state index in [1.807, 2.05) is 13.1 Å². The van der Waals surface area contributed by atoms with Crippen LogP contribution in [0.25, 0.3) is 5.70 Å². The lowest BCUT2D eigenvalue weighted by molar-refractivity contribution is 0.720. The molecule has 0 aliphatic carbocycles. The van der Waals surface area contributed by atoms with Crippen LogP contribution in [0, 0.1) is 6.92 Å². The minimum absolute atomic E-state index is 0.301. The summed E-state index contributed by atoms with van der Waals surface area (Å²) < 4.78 is 0. The molecule has 1 unspecified atom stereocenters. The van der Waals surface area contributed by atoms with Crippen molar-refractivity contribution < 1.29 is 0 Å². The Bertz CT molecular complexity index is 565. The third-order valence-electron chi connectivity index (χ3n) is 3.74. The van der Waals surface area contributed by atoms with Gasteiger partial charge in [0.1, 0.15) is 0 Å². The molecule has 0 saturated carbocycles. The average Bonchev–Trinajstić information content (AvgIpc) is 2.46. The van der Waals surface area contributed by atoms with Crippen LogP contribution in [-0.4, -0.2) is 12.3 Å². The molecular formula is C19H28N2. The Hall–Kier alpha value is -1.83. The van der Waals surface area contributed by atoms with Crippen molar-refractivity contribution >= 4 is 11.9 Å². The molecule has 1 atom stereocenters. The van der Waals surface area contributed by atoms with Gasteiger partial charge >= 0.3 is 0 Å². The molecular weight excluding hydrogens is 256 g/mol. The van der Waals surface area contributed by atoms with Crippen molar-refractivity contribution in [3.63, 3.8) is 0 Å². The van der Waals surface area contributed by atoms with Crippen LogP contribution >= 0.6 is 0 Å². The van der Waals surface area contributed by atoms with E-state index in [0.717, 1.165) is 35.2 Å². The first kappa shape index (κ1) is 17.2. The molecule has 0 amide bonds. The Balaban J connectivity index is 3.37. The van der Waals surface area contributed by atoms with Gasteiger partial charge in [-0.15, -0.1) is 0 Å². The highest BCUT2D eigenvalue weighted by Crippen LogP contribution is 2.23. The van der Waals surface area contributed by atoms with Gasteiger partial charge in [-0.05, 0) is 50.8 Å². The van der Waals surface area contributed by atoms with Gasteiger partial charge < -0.3 is 5.73 Å². The third-order valence-corrected chi connectivity index (χ3v) is 3.74. The van der Waals surface area contributed by atoms with Crippen LogP contribution in [0.2, 0.25) is 0 Å². The zero-order valence-electron chi connectivity index (χ0n) is 14.0. The van der Waals surface area contributed by atoms with Crippen molar-refractivity contribution in [3.8, 4) is 0 Å². The van der Waals surface area contributed by atoms with Crippen molar-refractivity contribution in [2.24, 2.45) is 10.7 Å². The average molecular weight is 284 g/mol. The van der Waals surface area contributed by atoms with E-state index in [0.29, 0.717) is 6.04 Å². The summed E-state index contributed by atoms with van der Waals surface area (Å²) in [5, 5.41) is 0. The minimum atomic E-state index is 0.301. The number of hydrogen-bond donors (Lipinski definition) is 1. The number of aliphatic imine (C=N–C) groups is 1. The molecule has 0 fully saturated rings. The van der Waals surface area contributed by atoms with Gasteiger partial charge in [-0.2, -0.15) is 0 Å². The first-order chi connectivity index (χ1) is 9.90. The third kappa shape index (κ3) is 4.59. The highest BCUT2D eigenvalue weighted by Gasteiger charge is 2.10. The Morgan fingerprint density at radius 2 is 2.05 bits per heavy atom. The standard InChI is InChI=1S/C19H28N2/c1-7-15(6)21-12-18(13(3)4)19(20)17-11-14(5)9-10-16(17)8-2/h9-12,15H,3,7-8,20H2,1-2,4-6H3. The van der Waals surface area contributed by atoms with Crippen molar-refractivity contribution in [2.45, 2.75) is 53.5 Å². The molecule has 1 aromatic carbocycles. The van der Waals surface area contributed by atoms with Gasteiger partial charge in [-0.3, -0.25) is 4.99 Å². The zero-order valence-corrected chi connectivity index (χ0v) is 14.0. The van der Waals surface area contributed by atoms with E-state index in [1.165, 1.54) is 11.1 Å². The predicted octanol–water partition coefficient (Wildman–Crippen LogP) is 4.67. The van der Waals surface area contributed by atoms with E-state index in [4.69, 9.17) is 5.73 Å².